The molecule has 0 unspecified atom stereocenters. The van der Waals surface area contributed by atoms with Gasteiger partial charge in [0.1, 0.15) is 12.1 Å². The van der Waals surface area contributed by atoms with Crippen molar-refractivity contribution in [1.82, 2.24) is 9.97 Å². The lowest BCUT2D eigenvalue weighted by Gasteiger charge is -2.05. The summed E-state index contributed by atoms with van der Waals surface area (Å²) < 4.78 is 0. The molecule has 1 aromatic heterocycles. The zero-order chi connectivity index (χ0) is 12.3. The van der Waals surface area contributed by atoms with Crippen LogP contribution in [0.25, 0.3) is 11.1 Å². The highest BCUT2D eigenvalue weighted by Crippen LogP contribution is 2.19. The van der Waals surface area contributed by atoms with Crippen LogP contribution in [0.2, 0.25) is 0 Å². The van der Waals surface area contributed by atoms with E-state index in [0.717, 1.165) is 23.2 Å². The fourth-order valence-corrected chi connectivity index (χ4v) is 1.58. The van der Waals surface area contributed by atoms with Crippen LogP contribution in [0.3, 0.4) is 0 Å². The van der Waals surface area contributed by atoms with E-state index in [0.29, 0.717) is 11.5 Å². The van der Waals surface area contributed by atoms with Gasteiger partial charge in [-0.25, -0.2) is 9.97 Å². The number of carbonyl (C=O) groups is 1. The number of hydrogen-bond donors (Lipinski definition) is 0. The van der Waals surface area contributed by atoms with Gasteiger partial charge in [-0.1, -0.05) is 32.0 Å². The smallest absolute Gasteiger partial charge is 0.150 e. The number of benzene rings is 1. The van der Waals surface area contributed by atoms with Crippen molar-refractivity contribution in [3.63, 3.8) is 0 Å². The Labute approximate surface area is 101 Å². The Morgan fingerprint density at radius 3 is 2.41 bits per heavy atom. The predicted octanol–water partition coefficient (Wildman–Crippen LogP) is 3.08. The van der Waals surface area contributed by atoms with Crippen LogP contribution >= 0.6 is 0 Å². The average Bonchev–Trinajstić information content (AvgIpc) is 2.39. The van der Waals surface area contributed by atoms with Crippen molar-refractivity contribution >= 4 is 6.29 Å². The zero-order valence-corrected chi connectivity index (χ0v) is 9.92. The fraction of sp³-hybridized carbons (Fsp3) is 0.214. The van der Waals surface area contributed by atoms with Crippen LogP contribution in [0, 0.1) is 0 Å². The Morgan fingerprint density at radius 2 is 1.82 bits per heavy atom. The first-order chi connectivity index (χ1) is 8.20. The van der Waals surface area contributed by atoms with Gasteiger partial charge in [-0.3, -0.25) is 4.79 Å². The maximum absolute atomic E-state index is 10.7. The van der Waals surface area contributed by atoms with Gasteiger partial charge in [0.05, 0.1) is 0 Å². The zero-order valence-electron chi connectivity index (χ0n) is 9.92. The van der Waals surface area contributed by atoms with Crippen molar-refractivity contribution in [1.29, 1.82) is 0 Å². The summed E-state index contributed by atoms with van der Waals surface area (Å²) in [6, 6.07) is 7.41. The van der Waals surface area contributed by atoms with Crippen molar-refractivity contribution in [2.75, 3.05) is 0 Å². The van der Waals surface area contributed by atoms with Gasteiger partial charge in [-0.15, -0.1) is 0 Å². The number of nitrogens with zero attached hydrogens (tertiary/aromatic N) is 2. The van der Waals surface area contributed by atoms with E-state index in [1.807, 2.05) is 18.2 Å². The second-order valence-electron chi connectivity index (χ2n) is 4.23. The molecule has 0 atom stereocenters. The van der Waals surface area contributed by atoms with Crippen molar-refractivity contribution < 1.29 is 4.79 Å². The summed E-state index contributed by atoms with van der Waals surface area (Å²) in [5.41, 5.74) is 2.55. The third kappa shape index (κ3) is 2.56. The summed E-state index contributed by atoms with van der Waals surface area (Å²) in [4.78, 5) is 19.3. The Kier molecular flexibility index (Phi) is 3.28. The van der Waals surface area contributed by atoms with Gasteiger partial charge in [0.2, 0.25) is 0 Å². The van der Waals surface area contributed by atoms with E-state index < -0.39 is 0 Å². The molecule has 0 N–H and O–H groups in total. The van der Waals surface area contributed by atoms with Crippen molar-refractivity contribution in [2.24, 2.45) is 0 Å². The molecule has 0 aliphatic rings. The number of hydrogen-bond acceptors (Lipinski definition) is 3. The maximum atomic E-state index is 10.7. The molecule has 86 valence electrons. The fourth-order valence-electron chi connectivity index (χ4n) is 1.58. The highest BCUT2D eigenvalue weighted by molar-refractivity contribution is 5.78. The first kappa shape index (κ1) is 11.5. The lowest BCUT2D eigenvalue weighted by Crippen LogP contribution is -1.96. The molecule has 0 saturated heterocycles. The molecule has 0 radical (unpaired) electrons. The molecule has 0 bridgehead atoms. The molecule has 0 saturated carbocycles. The molecule has 17 heavy (non-hydrogen) atoms. The summed E-state index contributed by atoms with van der Waals surface area (Å²) in [6.07, 6.45) is 4.44. The monoisotopic (exact) mass is 226 g/mol. The van der Waals surface area contributed by atoms with Gasteiger partial charge in [0.25, 0.3) is 0 Å². The molecule has 0 spiro atoms. The van der Waals surface area contributed by atoms with Crippen molar-refractivity contribution in [3.05, 3.63) is 48.0 Å². The van der Waals surface area contributed by atoms with Gasteiger partial charge in [-0.05, 0) is 11.6 Å². The third-order valence-corrected chi connectivity index (χ3v) is 2.54. The summed E-state index contributed by atoms with van der Waals surface area (Å²) in [7, 11) is 0. The van der Waals surface area contributed by atoms with Crippen LogP contribution in [-0.4, -0.2) is 16.3 Å². The van der Waals surface area contributed by atoms with E-state index in [4.69, 9.17) is 0 Å². The molecule has 0 aliphatic carbocycles. The van der Waals surface area contributed by atoms with Gasteiger partial charge >= 0.3 is 0 Å². The van der Waals surface area contributed by atoms with E-state index in [1.165, 1.54) is 0 Å². The lowest BCUT2D eigenvalue weighted by atomic mass is 10.1. The third-order valence-electron chi connectivity index (χ3n) is 2.54. The van der Waals surface area contributed by atoms with Crippen LogP contribution in [-0.2, 0) is 0 Å². The van der Waals surface area contributed by atoms with Crippen LogP contribution in [0.5, 0.6) is 0 Å². The quantitative estimate of drug-likeness (QED) is 0.755. The average molecular weight is 226 g/mol. The second-order valence-corrected chi connectivity index (χ2v) is 4.23. The molecule has 0 fully saturated rings. The Bertz CT molecular complexity index is 518. The van der Waals surface area contributed by atoms with Crippen molar-refractivity contribution in [2.45, 2.75) is 19.8 Å². The van der Waals surface area contributed by atoms with Crippen molar-refractivity contribution in [3.8, 4) is 11.1 Å². The first-order valence-electron chi connectivity index (χ1n) is 5.58. The number of carbonyl (C=O) groups excluding carboxylic acids is 1. The second kappa shape index (κ2) is 4.87. The molecule has 1 heterocycles. The molecular formula is C14H14N2O. The standard InChI is InChI=1S/C14H14N2O/c1-10(2)14-15-7-13(8-16-14)12-5-3-4-11(6-12)9-17/h3-10H,1-2H3. The van der Waals surface area contributed by atoms with Gasteiger partial charge in [-0.2, -0.15) is 0 Å². The molecule has 3 nitrogen and oxygen atoms in total. The minimum atomic E-state index is 0.324. The van der Waals surface area contributed by atoms with E-state index >= 15 is 0 Å². The molecule has 2 aromatic rings. The molecule has 0 aliphatic heterocycles. The highest BCUT2D eigenvalue weighted by Gasteiger charge is 2.04. The molecule has 1 aromatic carbocycles. The largest absolute Gasteiger partial charge is 0.298 e. The predicted molar refractivity (Wildman–Crippen MR) is 66.9 cm³/mol. The van der Waals surface area contributed by atoms with Crippen LogP contribution in [0.4, 0.5) is 0 Å². The first-order valence-corrected chi connectivity index (χ1v) is 5.58. The van der Waals surface area contributed by atoms with E-state index in [9.17, 15) is 4.79 Å². The summed E-state index contributed by atoms with van der Waals surface area (Å²) in [5, 5.41) is 0. The van der Waals surface area contributed by atoms with Gasteiger partial charge in [0.15, 0.2) is 0 Å². The van der Waals surface area contributed by atoms with E-state index in [1.54, 1.807) is 18.5 Å². The number of rotatable bonds is 3. The van der Waals surface area contributed by atoms with Crippen LogP contribution < -0.4 is 0 Å². The van der Waals surface area contributed by atoms with E-state index in [2.05, 4.69) is 23.8 Å². The van der Waals surface area contributed by atoms with Gasteiger partial charge < -0.3 is 0 Å². The minimum absolute atomic E-state index is 0.324. The molecule has 2 rings (SSSR count). The summed E-state index contributed by atoms with van der Waals surface area (Å²) in [6.45, 7) is 4.12. The van der Waals surface area contributed by atoms with Crippen LogP contribution in [0.15, 0.2) is 36.7 Å². The Balaban J connectivity index is 2.36. The maximum Gasteiger partial charge on any atom is 0.150 e. The SMILES string of the molecule is CC(C)c1ncc(-c2cccc(C=O)c2)cn1. The lowest BCUT2D eigenvalue weighted by molar-refractivity contribution is 0.112. The van der Waals surface area contributed by atoms with Crippen LogP contribution in [0.1, 0.15) is 35.9 Å². The van der Waals surface area contributed by atoms with Gasteiger partial charge in [0, 0.05) is 29.4 Å². The number of aromatic nitrogens is 2. The topological polar surface area (TPSA) is 42.9 Å². The van der Waals surface area contributed by atoms with E-state index in [-0.39, 0.29) is 0 Å². The molecular weight excluding hydrogens is 212 g/mol. The minimum Gasteiger partial charge on any atom is -0.298 e. The summed E-state index contributed by atoms with van der Waals surface area (Å²) in [5.74, 6) is 1.16. The highest BCUT2D eigenvalue weighted by atomic mass is 16.1. The normalized spacial score (nSPS) is 10.5. The Morgan fingerprint density at radius 1 is 1.12 bits per heavy atom. The summed E-state index contributed by atoms with van der Waals surface area (Å²) >= 11 is 0. The molecule has 3 heteroatoms. The molecule has 0 amide bonds. The Hall–Kier alpha value is -2.03. The number of aldehydes is 1.